The molecule has 0 N–H and O–H groups in total. The highest BCUT2D eigenvalue weighted by Crippen LogP contribution is 2.09. The Bertz CT molecular complexity index is 155. The van der Waals surface area contributed by atoms with Crippen molar-refractivity contribution >= 4 is 19.8 Å². The van der Waals surface area contributed by atoms with Gasteiger partial charge < -0.3 is 0 Å². The zero-order valence-electron chi connectivity index (χ0n) is 8.19. The Morgan fingerprint density at radius 3 is 2.18 bits per heavy atom. The SMILES string of the molecule is CCC(C#C[Si](C)(C)C)SC. The van der Waals surface area contributed by atoms with Crippen molar-refractivity contribution in [2.24, 2.45) is 0 Å². The summed E-state index contributed by atoms with van der Waals surface area (Å²) >= 11 is 1.86. The van der Waals surface area contributed by atoms with Gasteiger partial charge in [0.15, 0.2) is 0 Å². The van der Waals surface area contributed by atoms with Crippen molar-refractivity contribution in [1.29, 1.82) is 0 Å². The van der Waals surface area contributed by atoms with Crippen molar-refractivity contribution in [3.63, 3.8) is 0 Å². The van der Waals surface area contributed by atoms with E-state index >= 15 is 0 Å². The smallest absolute Gasteiger partial charge is 0.129 e. The Morgan fingerprint density at radius 1 is 1.36 bits per heavy atom. The predicted molar refractivity (Wildman–Crippen MR) is 58.7 cm³/mol. The first-order valence-corrected chi connectivity index (χ1v) is 8.84. The van der Waals surface area contributed by atoms with Crippen molar-refractivity contribution in [1.82, 2.24) is 0 Å². The first kappa shape index (κ1) is 11.1. The largest absolute Gasteiger partial charge is 0.149 e. The van der Waals surface area contributed by atoms with Gasteiger partial charge in [-0.15, -0.1) is 17.3 Å². The van der Waals surface area contributed by atoms with Crippen molar-refractivity contribution in [3.05, 3.63) is 0 Å². The molecule has 11 heavy (non-hydrogen) atoms. The van der Waals surface area contributed by atoms with Crippen LogP contribution in [0.4, 0.5) is 0 Å². The fourth-order valence-electron chi connectivity index (χ4n) is 0.625. The molecule has 0 rings (SSSR count). The summed E-state index contributed by atoms with van der Waals surface area (Å²) in [5.74, 6) is 3.33. The number of hydrogen-bond acceptors (Lipinski definition) is 1. The van der Waals surface area contributed by atoms with Crippen LogP contribution in [0.25, 0.3) is 0 Å². The number of rotatable bonds is 2. The van der Waals surface area contributed by atoms with Crippen LogP contribution in [0.5, 0.6) is 0 Å². The van der Waals surface area contributed by atoms with E-state index < -0.39 is 8.07 Å². The van der Waals surface area contributed by atoms with Gasteiger partial charge in [0.2, 0.25) is 0 Å². The zero-order chi connectivity index (χ0) is 8.91. The molecule has 1 atom stereocenters. The lowest BCUT2D eigenvalue weighted by atomic mass is 10.3. The predicted octanol–water partition coefficient (Wildman–Crippen LogP) is 3.01. The van der Waals surface area contributed by atoms with E-state index in [-0.39, 0.29) is 0 Å². The molecule has 0 bridgehead atoms. The average molecular weight is 186 g/mol. The molecule has 0 spiro atoms. The van der Waals surface area contributed by atoms with E-state index in [0.29, 0.717) is 5.25 Å². The van der Waals surface area contributed by atoms with Gasteiger partial charge in [0.05, 0.1) is 5.25 Å². The van der Waals surface area contributed by atoms with E-state index in [9.17, 15) is 0 Å². The molecule has 0 heterocycles. The molecule has 0 aromatic carbocycles. The summed E-state index contributed by atoms with van der Waals surface area (Å²) in [4.78, 5) is 0. The highest BCUT2D eigenvalue weighted by molar-refractivity contribution is 7.99. The molecule has 0 nitrogen and oxygen atoms in total. The maximum Gasteiger partial charge on any atom is 0.129 e. The fraction of sp³-hybridized carbons (Fsp3) is 0.778. The van der Waals surface area contributed by atoms with E-state index in [0.717, 1.165) is 0 Å². The quantitative estimate of drug-likeness (QED) is 0.472. The van der Waals surface area contributed by atoms with Crippen LogP contribution in [0.1, 0.15) is 13.3 Å². The van der Waals surface area contributed by atoms with E-state index in [1.807, 2.05) is 11.8 Å². The molecule has 1 unspecified atom stereocenters. The van der Waals surface area contributed by atoms with Gasteiger partial charge in [0, 0.05) is 0 Å². The van der Waals surface area contributed by atoms with Crippen LogP contribution in [-0.4, -0.2) is 19.6 Å². The summed E-state index contributed by atoms with van der Waals surface area (Å²) in [7, 11) is -1.13. The van der Waals surface area contributed by atoms with Gasteiger partial charge in [0.1, 0.15) is 8.07 Å². The summed E-state index contributed by atoms with van der Waals surface area (Å²) in [5.41, 5.74) is 3.39. The van der Waals surface area contributed by atoms with Crippen LogP contribution >= 0.6 is 11.8 Å². The summed E-state index contributed by atoms with van der Waals surface area (Å²) in [5, 5.41) is 0.557. The first-order chi connectivity index (χ1) is 4.99. The molecule has 0 radical (unpaired) electrons. The first-order valence-electron chi connectivity index (χ1n) is 4.05. The third-order valence-corrected chi connectivity index (χ3v) is 3.18. The highest BCUT2D eigenvalue weighted by Gasteiger charge is 2.08. The van der Waals surface area contributed by atoms with E-state index in [1.54, 1.807) is 0 Å². The minimum atomic E-state index is -1.13. The van der Waals surface area contributed by atoms with Gasteiger partial charge in [-0.2, -0.15) is 0 Å². The Labute approximate surface area is 76.2 Å². The third kappa shape index (κ3) is 6.52. The van der Waals surface area contributed by atoms with Crippen molar-refractivity contribution in [2.75, 3.05) is 6.26 Å². The highest BCUT2D eigenvalue weighted by atomic mass is 32.2. The van der Waals surface area contributed by atoms with E-state index in [1.165, 1.54) is 6.42 Å². The molecule has 0 aliphatic rings. The monoisotopic (exact) mass is 186 g/mol. The summed E-state index contributed by atoms with van der Waals surface area (Å²) in [6.45, 7) is 9.05. The standard InChI is InChI=1S/C9H18SSi/c1-6-9(10-2)7-8-11(3,4)5/h9H,6H2,1-5H3. The lowest BCUT2D eigenvalue weighted by Crippen LogP contribution is -2.17. The molecule has 0 aliphatic carbocycles. The van der Waals surface area contributed by atoms with Crippen LogP contribution in [0.15, 0.2) is 0 Å². The zero-order valence-corrected chi connectivity index (χ0v) is 10.0. The normalized spacial score (nSPS) is 13.5. The third-order valence-electron chi connectivity index (χ3n) is 1.26. The molecule has 0 fully saturated rings. The van der Waals surface area contributed by atoms with Gasteiger partial charge in [-0.25, -0.2) is 0 Å². The second kappa shape index (κ2) is 4.90. The fourth-order valence-corrected chi connectivity index (χ4v) is 1.85. The summed E-state index contributed by atoms with van der Waals surface area (Å²) in [6, 6.07) is 0. The van der Waals surface area contributed by atoms with Crippen molar-refractivity contribution in [2.45, 2.75) is 38.2 Å². The molecule has 0 aromatic heterocycles. The Hall–Kier alpha value is 0.127. The van der Waals surface area contributed by atoms with E-state index in [2.05, 4.69) is 44.3 Å². The Morgan fingerprint density at radius 2 is 1.91 bits per heavy atom. The molecule has 64 valence electrons. The molecular weight excluding hydrogens is 168 g/mol. The van der Waals surface area contributed by atoms with Crippen LogP contribution in [0.2, 0.25) is 19.6 Å². The lowest BCUT2D eigenvalue weighted by molar-refractivity contribution is 1.00. The van der Waals surface area contributed by atoms with Crippen molar-refractivity contribution in [3.8, 4) is 11.5 Å². The van der Waals surface area contributed by atoms with Gasteiger partial charge in [-0.05, 0) is 12.7 Å². The molecule has 0 saturated heterocycles. The van der Waals surface area contributed by atoms with E-state index in [4.69, 9.17) is 0 Å². The van der Waals surface area contributed by atoms with Crippen molar-refractivity contribution < 1.29 is 0 Å². The van der Waals surface area contributed by atoms with Gasteiger partial charge in [-0.1, -0.05) is 32.5 Å². The Kier molecular flexibility index (Phi) is 4.95. The number of thioether (sulfide) groups is 1. The maximum atomic E-state index is 3.39. The maximum absolute atomic E-state index is 3.39. The van der Waals surface area contributed by atoms with Gasteiger partial charge in [0.25, 0.3) is 0 Å². The lowest BCUT2D eigenvalue weighted by Gasteiger charge is -2.06. The minimum absolute atomic E-state index is 0.557. The molecule has 2 heteroatoms. The molecule has 0 amide bonds. The topological polar surface area (TPSA) is 0 Å². The summed E-state index contributed by atoms with van der Waals surface area (Å²) in [6.07, 6.45) is 3.30. The second-order valence-corrected chi connectivity index (χ2v) is 9.44. The van der Waals surface area contributed by atoms with Crippen LogP contribution in [-0.2, 0) is 0 Å². The van der Waals surface area contributed by atoms with Crippen LogP contribution in [0, 0.1) is 11.5 Å². The van der Waals surface area contributed by atoms with Gasteiger partial charge in [-0.3, -0.25) is 0 Å². The van der Waals surface area contributed by atoms with Crippen LogP contribution < -0.4 is 0 Å². The Balaban J connectivity index is 4.04. The average Bonchev–Trinajstić information content (AvgIpc) is 1.88. The number of hydrogen-bond donors (Lipinski definition) is 0. The second-order valence-electron chi connectivity index (χ2n) is 3.65. The summed E-state index contributed by atoms with van der Waals surface area (Å²) < 4.78 is 0. The van der Waals surface area contributed by atoms with Crippen LogP contribution in [0.3, 0.4) is 0 Å². The molecule has 0 aliphatic heterocycles. The molecule has 0 saturated carbocycles. The minimum Gasteiger partial charge on any atom is -0.149 e. The molecule has 0 aromatic rings. The van der Waals surface area contributed by atoms with Gasteiger partial charge >= 0.3 is 0 Å². The molecular formula is C9H18SSi.